The van der Waals surface area contributed by atoms with E-state index < -0.39 is 17.7 Å². The van der Waals surface area contributed by atoms with E-state index in [1.165, 1.54) is 4.90 Å². The second kappa shape index (κ2) is 7.74. The van der Waals surface area contributed by atoms with E-state index in [1.54, 1.807) is 6.07 Å². The Bertz CT molecular complexity index is 1450. The molecule has 6 nitrogen and oxygen atoms in total. The molecule has 3 aromatic carbocycles. The molecule has 1 amide bonds. The minimum absolute atomic E-state index is 0.0473. The fourth-order valence-corrected chi connectivity index (χ4v) is 4.27. The van der Waals surface area contributed by atoms with E-state index in [0.29, 0.717) is 16.6 Å². The van der Waals surface area contributed by atoms with Crippen LogP contribution in [0.2, 0.25) is 0 Å². The molecule has 0 aliphatic carbocycles. The van der Waals surface area contributed by atoms with E-state index in [-0.39, 0.29) is 17.3 Å². The molecule has 1 unspecified atom stereocenters. The number of H-pyrrole nitrogens is 1. The number of ketones is 1. The number of Topliss-reactive ketones (excluding diaryl/α,β-unsaturated/α-hetero) is 1. The largest absolute Gasteiger partial charge is 0.507 e. The van der Waals surface area contributed by atoms with Gasteiger partial charge in [0.05, 0.1) is 22.6 Å². The lowest BCUT2D eigenvalue weighted by Gasteiger charge is -2.23. The van der Waals surface area contributed by atoms with Crippen LogP contribution in [0.15, 0.2) is 72.3 Å². The Morgan fingerprint density at radius 3 is 2.42 bits per heavy atom. The van der Waals surface area contributed by atoms with Gasteiger partial charge >= 0.3 is 5.91 Å². The third kappa shape index (κ3) is 3.40. The summed E-state index contributed by atoms with van der Waals surface area (Å²) in [5.41, 5.74) is 5.82. The molecule has 0 radical (unpaired) electrons. The Hall–Kier alpha value is -4.19. The molecule has 1 atom stereocenters. The Morgan fingerprint density at radius 2 is 1.70 bits per heavy atom. The predicted molar refractivity (Wildman–Crippen MR) is 128 cm³/mol. The van der Waals surface area contributed by atoms with E-state index >= 15 is 0 Å². The van der Waals surface area contributed by atoms with Crippen molar-refractivity contribution in [3.05, 3.63) is 100 Å². The quantitative estimate of drug-likeness (QED) is 0.265. The summed E-state index contributed by atoms with van der Waals surface area (Å²) in [6, 6.07) is 19.6. The summed E-state index contributed by atoms with van der Waals surface area (Å²) in [7, 11) is 0. The number of rotatable bonds is 3. The smallest absolute Gasteiger partial charge is 0.302 e. The van der Waals surface area contributed by atoms with E-state index in [4.69, 9.17) is 0 Å². The van der Waals surface area contributed by atoms with Crippen LogP contribution in [0.5, 0.6) is 0 Å². The van der Waals surface area contributed by atoms with Gasteiger partial charge in [0.2, 0.25) is 5.95 Å². The third-order valence-electron chi connectivity index (χ3n) is 6.19. The molecule has 33 heavy (non-hydrogen) atoms. The number of benzene rings is 3. The van der Waals surface area contributed by atoms with Gasteiger partial charge in [-0.2, -0.15) is 0 Å². The second-order valence-electron chi connectivity index (χ2n) is 8.46. The molecule has 2 N–H and O–H groups in total. The maximum atomic E-state index is 13.3. The van der Waals surface area contributed by atoms with Gasteiger partial charge in [-0.05, 0) is 61.2 Å². The van der Waals surface area contributed by atoms with Crippen molar-refractivity contribution < 1.29 is 14.7 Å². The fraction of sp³-hybridized carbons (Fsp3) is 0.148. The number of hydrogen-bond acceptors (Lipinski definition) is 4. The summed E-state index contributed by atoms with van der Waals surface area (Å²) in [4.78, 5) is 35.6. The maximum absolute atomic E-state index is 13.3. The zero-order valence-corrected chi connectivity index (χ0v) is 18.6. The van der Waals surface area contributed by atoms with Crippen LogP contribution in [0.3, 0.4) is 0 Å². The number of aryl methyl sites for hydroxylation is 3. The lowest BCUT2D eigenvalue weighted by atomic mass is 9.94. The molecule has 164 valence electrons. The summed E-state index contributed by atoms with van der Waals surface area (Å²) in [5, 5.41) is 11.2. The molecule has 1 fully saturated rings. The SMILES string of the molecule is Cc1ccc2nc(N3C(=O)C(=O)/C(=C(/O)c4ccc(C)c(C)c4)C3c3ccccc3)[nH]c2c1. The molecular weight excluding hydrogens is 414 g/mol. The van der Waals surface area contributed by atoms with Crippen molar-refractivity contribution in [2.24, 2.45) is 0 Å². The summed E-state index contributed by atoms with van der Waals surface area (Å²) in [6.45, 7) is 5.89. The van der Waals surface area contributed by atoms with Gasteiger partial charge in [-0.15, -0.1) is 0 Å². The summed E-state index contributed by atoms with van der Waals surface area (Å²) < 4.78 is 0. The predicted octanol–water partition coefficient (Wildman–Crippen LogP) is 5.11. The first-order chi connectivity index (χ1) is 15.8. The van der Waals surface area contributed by atoms with Crippen LogP contribution in [0.1, 0.15) is 33.9 Å². The molecule has 0 bridgehead atoms. The highest BCUT2D eigenvalue weighted by Gasteiger charge is 2.48. The average Bonchev–Trinajstić information content (AvgIpc) is 3.33. The van der Waals surface area contributed by atoms with Crippen molar-refractivity contribution in [2.75, 3.05) is 4.90 Å². The van der Waals surface area contributed by atoms with Gasteiger partial charge in [-0.3, -0.25) is 14.5 Å². The van der Waals surface area contributed by atoms with Crippen molar-refractivity contribution in [1.82, 2.24) is 9.97 Å². The van der Waals surface area contributed by atoms with Gasteiger partial charge in [0.15, 0.2) is 0 Å². The zero-order chi connectivity index (χ0) is 23.3. The number of amides is 1. The molecule has 4 aromatic rings. The number of fused-ring (bicyclic) bond motifs is 1. The van der Waals surface area contributed by atoms with E-state index in [1.807, 2.05) is 81.4 Å². The molecule has 6 heteroatoms. The van der Waals surface area contributed by atoms with Crippen LogP contribution < -0.4 is 4.90 Å². The number of aromatic nitrogens is 2. The summed E-state index contributed by atoms with van der Waals surface area (Å²) in [6.07, 6.45) is 0. The Balaban J connectivity index is 1.73. The van der Waals surface area contributed by atoms with E-state index in [2.05, 4.69) is 9.97 Å². The molecule has 1 aliphatic heterocycles. The van der Waals surface area contributed by atoms with Gasteiger partial charge < -0.3 is 10.1 Å². The minimum Gasteiger partial charge on any atom is -0.507 e. The average molecular weight is 437 g/mol. The highest BCUT2D eigenvalue weighted by atomic mass is 16.3. The van der Waals surface area contributed by atoms with Crippen LogP contribution in [-0.2, 0) is 9.59 Å². The molecule has 2 heterocycles. The molecule has 1 saturated heterocycles. The standard InChI is InChI=1S/C27H23N3O3/c1-15-9-12-20-21(13-15)29-27(28-20)30-23(18-7-5-4-6-8-18)22(25(32)26(30)33)24(31)19-11-10-16(2)17(3)14-19/h4-14,23,31H,1-3H3,(H,28,29)/b24-22+. The van der Waals surface area contributed by atoms with Crippen LogP contribution in [0.25, 0.3) is 16.8 Å². The summed E-state index contributed by atoms with van der Waals surface area (Å²) >= 11 is 0. The summed E-state index contributed by atoms with van der Waals surface area (Å²) in [5.74, 6) is -1.40. The Morgan fingerprint density at radius 1 is 0.939 bits per heavy atom. The highest BCUT2D eigenvalue weighted by molar-refractivity contribution is 6.51. The van der Waals surface area contributed by atoms with Crippen molar-refractivity contribution in [3.8, 4) is 0 Å². The number of anilines is 1. The van der Waals surface area contributed by atoms with Crippen LogP contribution in [0, 0.1) is 20.8 Å². The van der Waals surface area contributed by atoms with E-state index in [0.717, 1.165) is 22.2 Å². The maximum Gasteiger partial charge on any atom is 0.302 e. The number of nitrogens with one attached hydrogen (secondary N) is 1. The lowest BCUT2D eigenvalue weighted by Crippen LogP contribution is -2.30. The topological polar surface area (TPSA) is 86.3 Å². The van der Waals surface area contributed by atoms with Gasteiger partial charge in [-0.25, -0.2) is 4.98 Å². The van der Waals surface area contributed by atoms with Crippen LogP contribution in [0.4, 0.5) is 5.95 Å². The lowest BCUT2D eigenvalue weighted by molar-refractivity contribution is -0.132. The first-order valence-corrected chi connectivity index (χ1v) is 10.7. The van der Waals surface area contributed by atoms with Crippen molar-refractivity contribution in [2.45, 2.75) is 26.8 Å². The normalized spacial score (nSPS) is 17.8. The van der Waals surface area contributed by atoms with E-state index in [9.17, 15) is 14.7 Å². The first-order valence-electron chi connectivity index (χ1n) is 10.7. The first kappa shape index (κ1) is 20.7. The monoisotopic (exact) mass is 437 g/mol. The molecule has 1 aliphatic rings. The number of aliphatic hydroxyl groups excluding tert-OH is 1. The van der Waals surface area contributed by atoms with Gasteiger partial charge in [0.25, 0.3) is 5.78 Å². The Labute approximate surface area is 191 Å². The molecule has 0 spiro atoms. The number of carbonyl (C=O) groups excluding carboxylic acids is 2. The van der Waals surface area contributed by atoms with Gasteiger partial charge in [-0.1, -0.05) is 48.5 Å². The molecule has 5 rings (SSSR count). The number of hydrogen-bond donors (Lipinski definition) is 2. The minimum atomic E-state index is -0.811. The number of nitrogens with zero attached hydrogens (tertiary/aromatic N) is 2. The number of aliphatic hydroxyl groups is 1. The highest BCUT2D eigenvalue weighted by Crippen LogP contribution is 2.41. The van der Waals surface area contributed by atoms with Crippen molar-refractivity contribution >= 4 is 34.4 Å². The molecular formula is C27H23N3O3. The van der Waals surface area contributed by atoms with Gasteiger partial charge in [0, 0.05) is 5.56 Å². The number of aromatic amines is 1. The van der Waals surface area contributed by atoms with Crippen LogP contribution in [-0.4, -0.2) is 26.8 Å². The number of carbonyl (C=O) groups is 2. The third-order valence-corrected chi connectivity index (χ3v) is 6.19. The zero-order valence-electron chi connectivity index (χ0n) is 18.6. The van der Waals surface area contributed by atoms with Gasteiger partial charge in [0.1, 0.15) is 5.76 Å². The fourth-order valence-electron chi connectivity index (χ4n) is 4.27. The molecule has 1 aromatic heterocycles. The number of imidazole rings is 1. The Kier molecular flexibility index (Phi) is 4.86. The molecule has 0 saturated carbocycles. The second-order valence-corrected chi connectivity index (χ2v) is 8.46. The van der Waals surface area contributed by atoms with Crippen molar-refractivity contribution in [3.63, 3.8) is 0 Å². The van der Waals surface area contributed by atoms with Crippen molar-refractivity contribution in [1.29, 1.82) is 0 Å². The van der Waals surface area contributed by atoms with Crippen LogP contribution >= 0.6 is 0 Å².